The summed E-state index contributed by atoms with van der Waals surface area (Å²) in [6.45, 7) is 5.64. The summed E-state index contributed by atoms with van der Waals surface area (Å²) in [7, 11) is -0.880. The number of ether oxygens (including phenoxy) is 2. The van der Waals surface area contributed by atoms with E-state index in [2.05, 4.69) is 51.2 Å². The highest BCUT2D eigenvalue weighted by atomic mass is 31.2. The quantitative estimate of drug-likeness (QED) is 0.0121. The maximum atomic E-state index is 15.2. The average molecular weight is 1640 g/mol. The Kier molecular flexibility index (Phi) is 45.0. The summed E-state index contributed by atoms with van der Waals surface area (Å²) in [6, 6.07) is -3.67. The molecule has 644 valence electrons. The predicted molar refractivity (Wildman–Crippen MR) is 430 cm³/mol. The predicted octanol–water partition coefficient (Wildman–Crippen LogP) is -3.55. The number of aliphatic hydroxyl groups is 1. The van der Waals surface area contributed by atoms with Gasteiger partial charge in [-0.1, -0.05) is 6.92 Å². The third kappa shape index (κ3) is 37.6. The second-order valence-electron chi connectivity index (χ2n) is 29.2. The van der Waals surface area contributed by atoms with Crippen molar-refractivity contribution in [2.45, 2.75) is 167 Å². The monoisotopic (exact) mass is 1640 g/mol. The number of hydrogen-bond acceptors (Lipinski definition) is 22. The van der Waals surface area contributed by atoms with E-state index in [1.165, 1.54) is 21.2 Å². The van der Waals surface area contributed by atoms with Crippen LogP contribution in [-0.2, 0) is 66.0 Å². The van der Waals surface area contributed by atoms with Crippen molar-refractivity contribution in [1.29, 1.82) is 0 Å². The number of nitrogens with two attached hydrogens (primary N) is 12. The number of piperazine rings is 1. The number of Topliss-reactive ketones (excluding diaryl/α,β-unsaturated/α-hetero) is 4. The maximum Gasteiger partial charge on any atom is 0.409 e. The van der Waals surface area contributed by atoms with Crippen LogP contribution in [0.3, 0.4) is 0 Å². The van der Waals surface area contributed by atoms with Crippen molar-refractivity contribution in [1.82, 2.24) is 44.8 Å². The lowest BCUT2D eigenvalue weighted by Gasteiger charge is -2.44. The van der Waals surface area contributed by atoms with Crippen LogP contribution < -0.4 is 90.1 Å². The number of carbonyl (C=O) groups is 9. The second kappa shape index (κ2) is 51.4. The molecule has 1 saturated carbocycles. The van der Waals surface area contributed by atoms with Crippen molar-refractivity contribution in [3.63, 3.8) is 0 Å². The number of ketones is 4. The lowest BCUT2D eigenvalue weighted by atomic mass is 9.74. The van der Waals surface area contributed by atoms with Crippen LogP contribution in [0.2, 0.25) is 0 Å². The van der Waals surface area contributed by atoms with Gasteiger partial charge in [0, 0.05) is 128 Å². The number of nitrogens with zero attached hydrogens (tertiary/aromatic N) is 11. The molecule has 29 N–H and O–H groups in total. The summed E-state index contributed by atoms with van der Waals surface area (Å²) in [4.78, 5) is 153. The molecule has 43 nitrogen and oxygen atoms in total. The molecule has 1 aliphatic carbocycles. The van der Waals surface area contributed by atoms with Crippen LogP contribution in [0.5, 0.6) is 0 Å². The molecule has 13 atom stereocenters. The number of guanidine groups is 6. The summed E-state index contributed by atoms with van der Waals surface area (Å²) in [5.74, 6) is -10.1. The van der Waals surface area contributed by atoms with E-state index in [9.17, 15) is 47.7 Å². The molecule has 2 saturated heterocycles. The highest BCUT2D eigenvalue weighted by molar-refractivity contribution is 7.54. The summed E-state index contributed by atoms with van der Waals surface area (Å²) in [5, 5.41) is 20.2. The van der Waals surface area contributed by atoms with Gasteiger partial charge in [0.25, 0.3) is 0 Å². The minimum absolute atomic E-state index is 0.0138. The Labute approximate surface area is 662 Å². The van der Waals surface area contributed by atoms with E-state index >= 15 is 4.57 Å². The van der Waals surface area contributed by atoms with Crippen molar-refractivity contribution in [2.75, 3.05) is 140 Å². The number of amides is 5. The Balaban J connectivity index is 1.91. The Morgan fingerprint density at radius 2 is 0.885 bits per heavy atom. The van der Waals surface area contributed by atoms with Gasteiger partial charge in [0.05, 0.1) is 56.7 Å². The van der Waals surface area contributed by atoms with Crippen LogP contribution in [0.4, 0.5) is 4.79 Å². The fourth-order valence-electron chi connectivity index (χ4n) is 13.6. The molecule has 0 aromatic carbocycles. The zero-order valence-electron chi connectivity index (χ0n) is 66.9. The van der Waals surface area contributed by atoms with E-state index in [1.807, 2.05) is 13.8 Å². The summed E-state index contributed by atoms with van der Waals surface area (Å²) in [5.41, 5.74) is 67.3. The summed E-state index contributed by atoms with van der Waals surface area (Å²) >= 11 is 0. The Morgan fingerprint density at radius 1 is 0.504 bits per heavy atom. The van der Waals surface area contributed by atoms with Crippen molar-refractivity contribution in [3.8, 4) is 0 Å². The Hall–Kier alpha value is -8.41. The molecular weight excluding hydrogens is 1510 g/mol. The normalized spacial score (nSPS) is 20.0. The number of nitrogens with one attached hydrogen (secondary N) is 4. The number of hydrogen-bond donors (Lipinski definition) is 17. The lowest BCUT2D eigenvalue weighted by Crippen LogP contribution is -2.50. The molecule has 3 unspecified atom stereocenters. The molecule has 0 aromatic rings. The fourth-order valence-corrected chi connectivity index (χ4v) is 17.7. The molecule has 3 rings (SSSR count). The molecule has 113 heavy (non-hydrogen) atoms. The van der Waals surface area contributed by atoms with Crippen molar-refractivity contribution in [2.24, 2.45) is 134 Å². The van der Waals surface area contributed by atoms with Crippen LogP contribution in [0, 0.1) is 35.5 Å². The van der Waals surface area contributed by atoms with Crippen molar-refractivity contribution >= 4 is 104 Å². The van der Waals surface area contributed by atoms with Gasteiger partial charge in [-0.05, 0) is 143 Å². The number of morpholine rings is 1. The van der Waals surface area contributed by atoms with Crippen molar-refractivity contribution in [3.05, 3.63) is 0 Å². The smallest absolute Gasteiger partial charge is 0.409 e. The zero-order valence-corrected chi connectivity index (χ0v) is 68.7. The van der Waals surface area contributed by atoms with Crippen molar-refractivity contribution < 1.29 is 75.9 Å². The molecular formula is C68H131N27O16P2. The lowest BCUT2D eigenvalue weighted by molar-refractivity contribution is -0.136. The Bertz CT molecular complexity index is 3340. The molecule has 0 bridgehead atoms. The first kappa shape index (κ1) is 98.8. The van der Waals surface area contributed by atoms with E-state index in [1.54, 1.807) is 37.5 Å². The van der Waals surface area contributed by atoms with Gasteiger partial charge in [0.2, 0.25) is 23.6 Å². The Morgan fingerprint density at radius 3 is 1.27 bits per heavy atom. The van der Waals surface area contributed by atoms with E-state index in [-0.39, 0.29) is 229 Å². The molecule has 45 heteroatoms. The van der Waals surface area contributed by atoms with Gasteiger partial charge in [-0.3, -0.25) is 77.4 Å². The number of aliphatic hydroxyl groups excluding tert-OH is 1. The van der Waals surface area contributed by atoms with E-state index in [0.29, 0.717) is 25.7 Å². The molecule has 2 heterocycles. The van der Waals surface area contributed by atoms with E-state index < -0.39 is 142 Å². The van der Waals surface area contributed by atoms with Crippen LogP contribution >= 0.6 is 15.3 Å². The van der Waals surface area contributed by atoms with Gasteiger partial charge in [0.15, 0.2) is 58.9 Å². The maximum absolute atomic E-state index is 15.2. The number of carbonyl (C=O) groups excluding carboxylic acids is 9. The van der Waals surface area contributed by atoms with Gasteiger partial charge in [-0.15, -0.1) is 0 Å². The van der Waals surface area contributed by atoms with Gasteiger partial charge in [-0.2, -0.15) is 0 Å². The second-order valence-corrected chi connectivity index (χ2v) is 34.4. The highest BCUT2D eigenvalue weighted by Gasteiger charge is 2.45. The third-order valence-corrected chi connectivity index (χ3v) is 24.3. The fraction of sp³-hybridized carbons (Fsp3) is 0.779. The third-order valence-electron chi connectivity index (χ3n) is 19.2. The largest absolute Gasteiger partial charge is 0.447 e. The average Bonchev–Trinajstić information content (AvgIpc) is 0.790. The molecule has 3 aliphatic rings. The molecule has 0 aromatic heterocycles. The SMILES string of the molecule is CC(=O)N[C@@H](CCCN=C(N)N)C(=O)C[C@@H](CCCN=C(N)N)C(=O)N[C@@H](CCCN=C(N)N)C(=O)C[C@@H](CCCN=C(N)N)C(=O)N[C@@H](CCCN=C(N)N)C(=O)C[C@@H](CCCN=C(N)N)C(=O)NCC(=O)C1C[C@H](C)C[C@H](COP(=O)(N(C)C)N2C[C@@H](COP(=O)(N(C)C)N3CCN(C(=O)OCCO)CC3)O[C@@H](C)C2)C1. The number of rotatable bonds is 54. The van der Waals surface area contributed by atoms with Gasteiger partial charge >= 0.3 is 21.4 Å². The first-order chi connectivity index (χ1) is 53.3. The van der Waals surface area contributed by atoms with E-state index in [0.717, 1.165) is 0 Å². The molecule has 0 radical (unpaired) electrons. The number of aliphatic imine (C=N–C) groups is 6. The van der Waals surface area contributed by atoms with Crippen LogP contribution in [0.25, 0.3) is 0 Å². The first-order valence-corrected chi connectivity index (χ1v) is 41.5. The van der Waals surface area contributed by atoms with Gasteiger partial charge in [0.1, 0.15) is 6.61 Å². The molecule has 5 amide bonds. The van der Waals surface area contributed by atoms with Crippen LogP contribution in [-0.4, -0.2) is 287 Å². The van der Waals surface area contributed by atoms with Gasteiger partial charge in [-0.25, -0.2) is 23.5 Å². The minimum Gasteiger partial charge on any atom is -0.447 e. The molecule has 2 aliphatic heterocycles. The zero-order chi connectivity index (χ0) is 84.5. The first-order valence-electron chi connectivity index (χ1n) is 38.4. The van der Waals surface area contributed by atoms with Crippen LogP contribution in [0.1, 0.15) is 136 Å². The van der Waals surface area contributed by atoms with Gasteiger partial charge < -0.3 is 119 Å². The minimum atomic E-state index is -3.79. The highest BCUT2D eigenvalue weighted by Crippen LogP contribution is 2.56. The standard InChI is InChI=1S/C68H131N27O16P2/c1-43-32-46(41-109-113(107,92(6)7)95-39-44(2)111-51(40-95)42-110-112(106,91(4)5)94-28-26-93(27-29-94)68(105)108-31-30-96)34-50(33-43)58(101)38-87-59(102)47(14-8-20-81-62(69)70)35-56(99)53(18-12-24-85-66(77)78)89-61(104)49(16-10-22-83-64(73)74)37-57(100)54(19-13-25-86-67(79)80)90-60(103)48(15-9-21-82-63(71)72)36-55(98)52(88-45(3)97)17-11-23-84-65(75)76/h43-44,46-54,96H,8-42H2,1-7H3,(H,87,102)(H,88,97)(H,89,104)(H,90,103)(H4,69,70,81)(H4,71,72,82)(H4,73,74,83)(H4,75,76,84)(H4,77,78,85)(H4,79,80,86)/t43-,44+,46+,47-,48-,49-,50?,51+,52+,53+,54+,112?,113?/m1/s1. The topological polar surface area (TPSA) is 696 Å². The summed E-state index contributed by atoms with van der Waals surface area (Å²) in [6.07, 6.45) is -0.423. The molecule has 3 fully saturated rings. The summed E-state index contributed by atoms with van der Waals surface area (Å²) < 4.78 is 60.1. The molecule has 0 spiro atoms. The van der Waals surface area contributed by atoms with Crippen LogP contribution in [0.15, 0.2) is 30.0 Å². The van der Waals surface area contributed by atoms with E-state index in [4.69, 9.17) is 92.4 Å².